The number of rotatable bonds is 1. The molecule has 1 aromatic rings. The van der Waals surface area contributed by atoms with E-state index in [0.717, 1.165) is 10.2 Å². The Bertz CT molecular complexity index is 275. The highest BCUT2D eigenvalue weighted by atomic mass is 79.9. The molecule has 0 saturated heterocycles. The van der Waals surface area contributed by atoms with Crippen molar-refractivity contribution in [3.05, 3.63) is 21.6 Å². The number of anilines is 2. The van der Waals surface area contributed by atoms with E-state index < -0.39 is 0 Å². The first-order valence-corrected chi connectivity index (χ1v) is 4.25. The van der Waals surface area contributed by atoms with E-state index in [-0.39, 0.29) is 0 Å². The number of halogens is 2. The van der Waals surface area contributed by atoms with E-state index in [0.29, 0.717) is 10.7 Å². The van der Waals surface area contributed by atoms with Crippen molar-refractivity contribution in [2.75, 3.05) is 18.1 Å². The fraction of sp³-hybridized carbons (Fsp3) is 0.143. The summed E-state index contributed by atoms with van der Waals surface area (Å²) >= 11 is 9.14. The van der Waals surface area contributed by atoms with Crippen LogP contribution in [0.5, 0.6) is 0 Å². The van der Waals surface area contributed by atoms with Crippen molar-refractivity contribution in [2.24, 2.45) is 0 Å². The summed E-state index contributed by atoms with van der Waals surface area (Å²) in [6, 6.07) is 3.60. The third-order valence-electron chi connectivity index (χ3n) is 1.39. The van der Waals surface area contributed by atoms with E-state index in [2.05, 4.69) is 21.2 Å². The van der Waals surface area contributed by atoms with Crippen LogP contribution in [0.2, 0.25) is 5.02 Å². The largest absolute Gasteiger partial charge is 0.396 e. The van der Waals surface area contributed by atoms with Gasteiger partial charge in [-0.15, -0.1) is 0 Å². The van der Waals surface area contributed by atoms with Crippen LogP contribution in [-0.2, 0) is 0 Å². The Hall–Kier alpha value is -0.410. The Morgan fingerprint density at radius 2 is 2.18 bits per heavy atom. The summed E-state index contributed by atoms with van der Waals surface area (Å²) in [4.78, 5) is 0. The second-order valence-electron chi connectivity index (χ2n) is 2.07. The van der Waals surface area contributed by atoms with Crippen molar-refractivity contribution >= 4 is 38.9 Å². The normalized spacial score (nSPS) is 9.73. The van der Waals surface area contributed by atoms with Crippen molar-refractivity contribution in [3.8, 4) is 0 Å². The third kappa shape index (κ3) is 1.60. The molecule has 60 valence electrons. The molecule has 0 aliphatic rings. The number of hydrogen-bond acceptors (Lipinski definition) is 2. The van der Waals surface area contributed by atoms with Gasteiger partial charge in [0.2, 0.25) is 0 Å². The molecule has 0 heterocycles. The molecule has 3 N–H and O–H groups in total. The summed E-state index contributed by atoms with van der Waals surface area (Å²) in [6.45, 7) is 0. The second kappa shape index (κ2) is 3.32. The maximum Gasteiger partial charge on any atom is 0.0772 e. The predicted molar refractivity (Wildman–Crippen MR) is 53.1 cm³/mol. The number of nitrogens with two attached hydrogens (primary N) is 1. The summed E-state index contributed by atoms with van der Waals surface area (Å²) in [5.74, 6) is 0. The van der Waals surface area contributed by atoms with Gasteiger partial charge in [-0.25, -0.2) is 0 Å². The molecule has 0 saturated carbocycles. The van der Waals surface area contributed by atoms with Gasteiger partial charge >= 0.3 is 0 Å². The molecule has 1 rings (SSSR count). The topological polar surface area (TPSA) is 38.0 Å². The lowest BCUT2D eigenvalue weighted by molar-refractivity contribution is 1.50. The minimum absolute atomic E-state index is 0.633. The molecule has 4 heteroatoms. The Morgan fingerprint density at radius 3 is 2.64 bits per heavy atom. The standard InChI is InChI=1S/C7H8BrClN2/c1-11-7-5(9)3-2-4(8)6(7)10/h2-3,11H,10H2,1H3. The van der Waals surface area contributed by atoms with Crippen LogP contribution in [0.4, 0.5) is 11.4 Å². The van der Waals surface area contributed by atoms with E-state index >= 15 is 0 Å². The summed E-state index contributed by atoms with van der Waals surface area (Å²) < 4.78 is 0.853. The third-order valence-corrected chi connectivity index (χ3v) is 2.40. The van der Waals surface area contributed by atoms with Crippen molar-refractivity contribution in [1.29, 1.82) is 0 Å². The first kappa shape index (κ1) is 8.68. The van der Waals surface area contributed by atoms with Crippen LogP contribution < -0.4 is 11.1 Å². The smallest absolute Gasteiger partial charge is 0.0772 e. The van der Waals surface area contributed by atoms with Crippen molar-refractivity contribution < 1.29 is 0 Å². The molecule has 0 atom stereocenters. The van der Waals surface area contributed by atoms with E-state index in [9.17, 15) is 0 Å². The zero-order valence-corrected chi connectivity index (χ0v) is 8.33. The predicted octanol–water partition coefficient (Wildman–Crippen LogP) is 2.73. The molecule has 0 amide bonds. The van der Waals surface area contributed by atoms with Gasteiger partial charge in [-0.1, -0.05) is 11.6 Å². The first-order valence-electron chi connectivity index (χ1n) is 3.08. The van der Waals surface area contributed by atoms with Gasteiger partial charge in [0.15, 0.2) is 0 Å². The van der Waals surface area contributed by atoms with Crippen LogP contribution >= 0.6 is 27.5 Å². The van der Waals surface area contributed by atoms with Crippen molar-refractivity contribution in [1.82, 2.24) is 0 Å². The van der Waals surface area contributed by atoms with Gasteiger partial charge in [0.05, 0.1) is 16.4 Å². The Balaban J connectivity index is 3.29. The molecule has 2 nitrogen and oxygen atoms in total. The quantitative estimate of drug-likeness (QED) is 0.735. The highest BCUT2D eigenvalue weighted by Gasteiger charge is 2.04. The number of nitrogen functional groups attached to an aromatic ring is 1. The van der Waals surface area contributed by atoms with Crippen LogP contribution in [0.3, 0.4) is 0 Å². The zero-order valence-electron chi connectivity index (χ0n) is 5.99. The summed E-state index contributed by atoms with van der Waals surface area (Å²) in [7, 11) is 1.78. The molecular formula is C7H8BrClN2. The van der Waals surface area contributed by atoms with Crippen molar-refractivity contribution in [3.63, 3.8) is 0 Å². The summed E-state index contributed by atoms with van der Waals surface area (Å²) in [6.07, 6.45) is 0. The molecule has 0 aliphatic heterocycles. The molecule has 11 heavy (non-hydrogen) atoms. The van der Waals surface area contributed by atoms with Gasteiger partial charge in [0.25, 0.3) is 0 Å². The molecule has 1 aromatic carbocycles. The van der Waals surface area contributed by atoms with Gasteiger partial charge in [-0.05, 0) is 28.1 Å². The van der Waals surface area contributed by atoms with Crippen LogP contribution in [-0.4, -0.2) is 7.05 Å². The molecule has 0 spiro atoms. The lowest BCUT2D eigenvalue weighted by Gasteiger charge is -2.07. The Morgan fingerprint density at radius 1 is 1.55 bits per heavy atom. The number of nitrogens with one attached hydrogen (secondary N) is 1. The summed E-state index contributed by atoms with van der Waals surface area (Å²) in [5, 5.41) is 3.55. The van der Waals surface area contributed by atoms with Gasteiger partial charge in [0.1, 0.15) is 0 Å². The van der Waals surface area contributed by atoms with Gasteiger partial charge in [-0.3, -0.25) is 0 Å². The maximum absolute atomic E-state index is 5.84. The number of hydrogen-bond donors (Lipinski definition) is 2. The van der Waals surface area contributed by atoms with E-state index in [4.69, 9.17) is 17.3 Å². The highest BCUT2D eigenvalue weighted by molar-refractivity contribution is 9.10. The average molecular weight is 236 g/mol. The molecule has 0 aromatic heterocycles. The lowest BCUT2D eigenvalue weighted by Crippen LogP contribution is -1.96. The minimum Gasteiger partial charge on any atom is -0.396 e. The fourth-order valence-electron chi connectivity index (χ4n) is 0.822. The molecule has 0 fully saturated rings. The summed E-state index contributed by atoms with van der Waals surface area (Å²) in [5.41, 5.74) is 7.10. The molecule has 0 unspecified atom stereocenters. The van der Waals surface area contributed by atoms with E-state index in [1.807, 2.05) is 6.07 Å². The van der Waals surface area contributed by atoms with E-state index in [1.54, 1.807) is 13.1 Å². The van der Waals surface area contributed by atoms with Crippen LogP contribution in [0.1, 0.15) is 0 Å². The second-order valence-corrected chi connectivity index (χ2v) is 3.33. The molecule has 0 aliphatic carbocycles. The zero-order chi connectivity index (χ0) is 8.43. The molecule has 0 bridgehead atoms. The first-order chi connectivity index (χ1) is 5.16. The van der Waals surface area contributed by atoms with E-state index in [1.165, 1.54) is 0 Å². The maximum atomic E-state index is 5.84. The SMILES string of the molecule is CNc1c(Cl)ccc(Br)c1N. The lowest BCUT2D eigenvalue weighted by atomic mass is 10.3. The Labute approximate surface area is 78.9 Å². The monoisotopic (exact) mass is 234 g/mol. The number of benzene rings is 1. The average Bonchev–Trinajstić information content (AvgIpc) is 1.99. The van der Waals surface area contributed by atoms with Gasteiger partial charge in [0, 0.05) is 11.5 Å². The van der Waals surface area contributed by atoms with Crippen LogP contribution in [0.15, 0.2) is 16.6 Å². The highest BCUT2D eigenvalue weighted by Crippen LogP contribution is 2.33. The van der Waals surface area contributed by atoms with Gasteiger partial charge < -0.3 is 11.1 Å². The Kier molecular flexibility index (Phi) is 2.62. The fourth-order valence-corrected chi connectivity index (χ4v) is 1.41. The minimum atomic E-state index is 0.633. The molecular weight excluding hydrogens is 227 g/mol. The van der Waals surface area contributed by atoms with Crippen LogP contribution in [0.25, 0.3) is 0 Å². The van der Waals surface area contributed by atoms with Crippen LogP contribution in [0, 0.1) is 0 Å². The van der Waals surface area contributed by atoms with Crippen molar-refractivity contribution in [2.45, 2.75) is 0 Å². The molecule has 0 radical (unpaired) electrons. The van der Waals surface area contributed by atoms with Gasteiger partial charge in [-0.2, -0.15) is 0 Å².